The molecule has 0 radical (unpaired) electrons. The quantitative estimate of drug-likeness (QED) is 0.688. The van der Waals surface area contributed by atoms with Gasteiger partial charge < -0.3 is 10.5 Å². The number of ether oxygens (including phenoxy) is 1. The second-order valence-corrected chi connectivity index (χ2v) is 6.70. The fourth-order valence-corrected chi connectivity index (χ4v) is 3.50. The predicted octanol–water partition coefficient (Wildman–Crippen LogP) is -0.0726. The molecule has 0 atom stereocenters. The Kier molecular flexibility index (Phi) is 2.47. The van der Waals surface area contributed by atoms with Gasteiger partial charge in [-0.05, 0) is 20.8 Å². The first kappa shape index (κ1) is 10.9. The molecular formula is C8H17NO3S. The molecular weight excluding hydrogens is 190 g/mol. The van der Waals surface area contributed by atoms with Gasteiger partial charge in [-0.25, -0.2) is 8.42 Å². The highest BCUT2D eigenvalue weighted by atomic mass is 32.2. The SMILES string of the molecule is CC(C)(C)OC1(CN)CS(=O)(=O)C1. The van der Waals surface area contributed by atoms with Gasteiger partial charge in [0, 0.05) is 6.54 Å². The van der Waals surface area contributed by atoms with Crippen molar-refractivity contribution in [3.05, 3.63) is 0 Å². The highest BCUT2D eigenvalue weighted by molar-refractivity contribution is 7.93. The zero-order valence-corrected chi connectivity index (χ0v) is 9.15. The summed E-state index contributed by atoms with van der Waals surface area (Å²) in [5.41, 5.74) is 4.54. The third kappa shape index (κ3) is 2.65. The normalized spacial score (nSPS) is 25.2. The Balaban J connectivity index is 2.67. The molecule has 1 fully saturated rings. The van der Waals surface area contributed by atoms with Gasteiger partial charge in [-0.15, -0.1) is 0 Å². The fraction of sp³-hybridized carbons (Fsp3) is 1.00. The first-order valence-electron chi connectivity index (χ1n) is 4.29. The van der Waals surface area contributed by atoms with Crippen molar-refractivity contribution >= 4 is 9.84 Å². The summed E-state index contributed by atoms with van der Waals surface area (Å²) < 4.78 is 27.7. The first-order chi connectivity index (χ1) is 5.68. The molecule has 13 heavy (non-hydrogen) atoms. The molecule has 78 valence electrons. The van der Waals surface area contributed by atoms with E-state index in [2.05, 4.69) is 0 Å². The van der Waals surface area contributed by atoms with Crippen molar-refractivity contribution in [2.45, 2.75) is 32.0 Å². The van der Waals surface area contributed by atoms with Crippen molar-refractivity contribution in [2.24, 2.45) is 5.73 Å². The second kappa shape index (κ2) is 2.93. The molecule has 0 aromatic rings. The van der Waals surface area contributed by atoms with Crippen LogP contribution in [-0.4, -0.2) is 37.7 Å². The Morgan fingerprint density at radius 3 is 2.08 bits per heavy atom. The minimum Gasteiger partial charge on any atom is -0.366 e. The lowest BCUT2D eigenvalue weighted by Gasteiger charge is -2.44. The standard InChI is InChI=1S/C8H17NO3S/c1-7(2,3)12-8(4-9)5-13(10,11)6-8/h4-6,9H2,1-3H3. The van der Waals surface area contributed by atoms with Gasteiger partial charge in [-0.1, -0.05) is 0 Å². The number of nitrogens with two attached hydrogens (primary N) is 1. The van der Waals surface area contributed by atoms with E-state index in [9.17, 15) is 8.42 Å². The summed E-state index contributed by atoms with van der Waals surface area (Å²) in [7, 11) is -2.88. The largest absolute Gasteiger partial charge is 0.366 e. The summed E-state index contributed by atoms with van der Waals surface area (Å²) in [6.45, 7) is 5.96. The van der Waals surface area contributed by atoms with E-state index in [1.807, 2.05) is 20.8 Å². The Morgan fingerprint density at radius 2 is 1.85 bits per heavy atom. The van der Waals surface area contributed by atoms with Gasteiger partial charge in [0.05, 0.1) is 17.1 Å². The van der Waals surface area contributed by atoms with Crippen molar-refractivity contribution in [3.63, 3.8) is 0 Å². The Bertz CT molecular complexity index is 277. The van der Waals surface area contributed by atoms with Gasteiger partial charge in [-0.3, -0.25) is 0 Å². The van der Waals surface area contributed by atoms with E-state index < -0.39 is 15.4 Å². The number of hydrogen-bond donors (Lipinski definition) is 1. The van der Waals surface area contributed by atoms with Crippen molar-refractivity contribution < 1.29 is 13.2 Å². The van der Waals surface area contributed by atoms with E-state index in [0.717, 1.165) is 0 Å². The van der Waals surface area contributed by atoms with Crippen LogP contribution >= 0.6 is 0 Å². The Morgan fingerprint density at radius 1 is 1.38 bits per heavy atom. The summed E-state index contributed by atoms with van der Waals surface area (Å²) in [5.74, 6) is 0.127. The van der Waals surface area contributed by atoms with E-state index in [-0.39, 0.29) is 23.7 Å². The minimum absolute atomic E-state index is 0.0633. The molecule has 0 unspecified atom stereocenters. The lowest BCUT2D eigenvalue weighted by atomic mass is 10.1. The van der Waals surface area contributed by atoms with Crippen molar-refractivity contribution in [3.8, 4) is 0 Å². The van der Waals surface area contributed by atoms with Gasteiger partial charge in [-0.2, -0.15) is 0 Å². The summed E-state index contributed by atoms with van der Waals surface area (Å²) in [6.07, 6.45) is 0. The van der Waals surface area contributed by atoms with Gasteiger partial charge in [0.15, 0.2) is 9.84 Å². The molecule has 0 aliphatic carbocycles. The molecule has 0 aromatic heterocycles. The fourth-order valence-electron chi connectivity index (χ4n) is 1.63. The number of hydrogen-bond acceptors (Lipinski definition) is 4. The van der Waals surface area contributed by atoms with Crippen LogP contribution < -0.4 is 5.73 Å². The molecule has 1 heterocycles. The van der Waals surface area contributed by atoms with Crippen LogP contribution in [0.25, 0.3) is 0 Å². The molecule has 1 saturated heterocycles. The van der Waals surface area contributed by atoms with Crippen LogP contribution in [0.3, 0.4) is 0 Å². The highest BCUT2D eigenvalue weighted by Gasteiger charge is 2.50. The van der Waals surface area contributed by atoms with Crippen LogP contribution in [0.4, 0.5) is 0 Å². The van der Waals surface area contributed by atoms with E-state index in [1.165, 1.54) is 0 Å². The molecule has 2 N–H and O–H groups in total. The van der Waals surface area contributed by atoms with Crippen LogP contribution in [0.5, 0.6) is 0 Å². The summed E-state index contributed by atoms with van der Waals surface area (Å²) >= 11 is 0. The molecule has 0 spiro atoms. The average molecular weight is 207 g/mol. The Labute approximate surface area is 79.4 Å². The maximum absolute atomic E-state index is 11.0. The average Bonchev–Trinajstić information content (AvgIpc) is 1.79. The summed E-state index contributed by atoms with van der Waals surface area (Å²) in [4.78, 5) is 0. The first-order valence-corrected chi connectivity index (χ1v) is 6.11. The lowest BCUT2D eigenvalue weighted by Crippen LogP contribution is -2.63. The second-order valence-electron chi connectivity index (χ2n) is 4.63. The monoisotopic (exact) mass is 207 g/mol. The van der Waals surface area contributed by atoms with Gasteiger partial charge >= 0.3 is 0 Å². The van der Waals surface area contributed by atoms with Crippen LogP contribution in [0, 0.1) is 0 Å². The molecule has 1 rings (SSSR count). The highest BCUT2D eigenvalue weighted by Crippen LogP contribution is 2.31. The molecule has 4 nitrogen and oxygen atoms in total. The third-order valence-corrected chi connectivity index (χ3v) is 3.79. The maximum Gasteiger partial charge on any atom is 0.156 e. The molecule has 1 aliphatic heterocycles. The molecule has 0 aromatic carbocycles. The smallest absolute Gasteiger partial charge is 0.156 e. The van der Waals surface area contributed by atoms with E-state index >= 15 is 0 Å². The predicted molar refractivity (Wildman–Crippen MR) is 51.3 cm³/mol. The van der Waals surface area contributed by atoms with Crippen LogP contribution in [0.1, 0.15) is 20.8 Å². The van der Waals surface area contributed by atoms with Crippen molar-refractivity contribution in [1.29, 1.82) is 0 Å². The van der Waals surface area contributed by atoms with Crippen molar-refractivity contribution in [2.75, 3.05) is 18.1 Å². The molecule has 0 amide bonds. The van der Waals surface area contributed by atoms with Crippen LogP contribution in [-0.2, 0) is 14.6 Å². The molecule has 5 heteroatoms. The van der Waals surface area contributed by atoms with Crippen molar-refractivity contribution in [1.82, 2.24) is 0 Å². The van der Waals surface area contributed by atoms with Gasteiger partial charge in [0.2, 0.25) is 0 Å². The van der Waals surface area contributed by atoms with Crippen LogP contribution in [0.2, 0.25) is 0 Å². The number of rotatable bonds is 2. The topological polar surface area (TPSA) is 69.4 Å². The molecule has 0 bridgehead atoms. The Hall–Kier alpha value is -0.130. The van der Waals surface area contributed by atoms with Gasteiger partial charge in [0.1, 0.15) is 5.60 Å². The van der Waals surface area contributed by atoms with E-state index in [0.29, 0.717) is 0 Å². The molecule has 0 saturated carbocycles. The van der Waals surface area contributed by atoms with Gasteiger partial charge in [0.25, 0.3) is 0 Å². The lowest BCUT2D eigenvalue weighted by molar-refractivity contribution is -0.110. The zero-order chi connectivity index (χ0) is 10.3. The van der Waals surface area contributed by atoms with Crippen LogP contribution in [0.15, 0.2) is 0 Å². The van der Waals surface area contributed by atoms with E-state index in [1.54, 1.807) is 0 Å². The maximum atomic E-state index is 11.0. The summed E-state index contributed by atoms with van der Waals surface area (Å²) in [5, 5.41) is 0. The zero-order valence-electron chi connectivity index (χ0n) is 8.33. The van der Waals surface area contributed by atoms with E-state index in [4.69, 9.17) is 10.5 Å². The third-order valence-electron chi connectivity index (χ3n) is 1.86. The minimum atomic E-state index is -2.88. The molecule has 1 aliphatic rings. The summed E-state index contributed by atoms with van der Waals surface area (Å²) in [6, 6.07) is 0. The number of sulfone groups is 1.